The van der Waals surface area contributed by atoms with E-state index in [1.807, 2.05) is 0 Å². The maximum atomic E-state index is 12.1. The lowest BCUT2D eigenvalue weighted by Crippen LogP contribution is -2.50. The van der Waals surface area contributed by atoms with Crippen molar-refractivity contribution in [1.29, 1.82) is 0 Å². The SMILES string of the molecule is CCOC(=O)C(N)C(=O)N(C)C1CCCCCC1. The first kappa shape index (κ1) is 15.0. The summed E-state index contributed by atoms with van der Waals surface area (Å²) in [6.07, 6.45) is 6.72. The molecule has 5 nitrogen and oxygen atoms in total. The Labute approximate surface area is 109 Å². The molecular weight excluding hydrogens is 232 g/mol. The first-order valence-electron chi connectivity index (χ1n) is 6.76. The number of rotatable bonds is 4. The van der Waals surface area contributed by atoms with Crippen molar-refractivity contribution in [3.05, 3.63) is 0 Å². The summed E-state index contributed by atoms with van der Waals surface area (Å²) in [5, 5.41) is 0. The molecule has 1 aliphatic rings. The maximum absolute atomic E-state index is 12.1. The smallest absolute Gasteiger partial charge is 0.332 e. The highest BCUT2D eigenvalue weighted by molar-refractivity contribution is 6.01. The van der Waals surface area contributed by atoms with E-state index in [2.05, 4.69) is 0 Å². The minimum absolute atomic E-state index is 0.209. The van der Waals surface area contributed by atoms with Crippen LogP contribution in [0.25, 0.3) is 0 Å². The Balaban J connectivity index is 2.55. The molecule has 0 aromatic carbocycles. The van der Waals surface area contributed by atoms with Gasteiger partial charge in [-0.1, -0.05) is 25.7 Å². The highest BCUT2D eigenvalue weighted by Gasteiger charge is 2.30. The lowest BCUT2D eigenvalue weighted by atomic mass is 10.1. The normalized spacial score (nSPS) is 18.8. The second kappa shape index (κ2) is 7.36. The molecule has 1 aliphatic carbocycles. The van der Waals surface area contributed by atoms with E-state index in [9.17, 15) is 9.59 Å². The number of carbonyl (C=O) groups is 2. The third kappa shape index (κ3) is 3.98. The second-order valence-electron chi connectivity index (χ2n) is 4.82. The summed E-state index contributed by atoms with van der Waals surface area (Å²) < 4.78 is 4.78. The van der Waals surface area contributed by atoms with Gasteiger partial charge in [0.15, 0.2) is 6.04 Å². The van der Waals surface area contributed by atoms with Crippen LogP contribution in [0.3, 0.4) is 0 Å². The number of hydrogen-bond acceptors (Lipinski definition) is 4. The van der Waals surface area contributed by atoms with E-state index >= 15 is 0 Å². The van der Waals surface area contributed by atoms with E-state index in [4.69, 9.17) is 10.5 Å². The number of esters is 1. The summed E-state index contributed by atoms with van der Waals surface area (Å²) in [5.74, 6) is -0.969. The number of nitrogens with two attached hydrogens (primary N) is 1. The minimum Gasteiger partial charge on any atom is -0.464 e. The Morgan fingerprint density at radius 3 is 2.33 bits per heavy atom. The number of hydrogen-bond donors (Lipinski definition) is 1. The quantitative estimate of drug-likeness (QED) is 0.464. The molecule has 0 bridgehead atoms. The standard InChI is InChI=1S/C13H24N2O3/c1-3-18-13(17)11(14)12(16)15(2)10-8-6-4-5-7-9-10/h10-11H,3-9,14H2,1-2H3. The number of ether oxygens (including phenoxy) is 1. The van der Waals surface area contributed by atoms with Crippen LogP contribution in [-0.4, -0.2) is 42.5 Å². The zero-order chi connectivity index (χ0) is 13.5. The number of amides is 1. The molecule has 1 saturated carbocycles. The molecular formula is C13H24N2O3. The van der Waals surface area contributed by atoms with Crippen LogP contribution in [-0.2, 0) is 14.3 Å². The topological polar surface area (TPSA) is 72.6 Å². The van der Waals surface area contributed by atoms with Crippen LogP contribution < -0.4 is 5.73 Å². The molecule has 18 heavy (non-hydrogen) atoms. The third-order valence-electron chi connectivity index (χ3n) is 3.53. The third-order valence-corrected chi connectivity index (χ3v) is 3.53. The number of carbonyl (C=O) groups excluding carboxylic acids is 2. The number of nitrogens with zero attached hydrogens (tertiary/aromatic N) is 1. The zero-order valence-corrected chi connectivity index (χ0v) is 11.4. The fourth-order valence-electron chi connectivity index (χ4n) is 2.38. The van der Waals surface area contributed by atoms with E-state index in [1.165, 1.54) is 12.8 Å². The molecule has 104 valence electrons. The minimum atomic E-state index is -1.18. The van der Waals surface area contributed by atoms with Gasteiger partial charge in [0.25, 0.3) is 5.91 Å². The predicted octanol–water partition coefficient (Wildman–Crippen LogP) is 1.06. The van der Waals surface area contributed by atoms with Crippen molar-refractivity contribution in [3.63, 3.8) is 0 Å². The summed E-state index contributed by atoms with van der Waals surface area (Å²) >= 11 is 0. The van der Waals surface area contributed by atoms with E-state index in [-0.39, 0.29) is 18.6 Å². The van der Waals surface area contributed by atoms with Gasteiger partial charge in [-0.2, -0.15) is 0 Å². The highest BCUT2D eigenvalue weighted by atomic mass is 16.5. The molecule has 1 atom stereocenters. The van der Waals surface area contributed by atoms with Gasteiger partial charge in [0.2, 0.25) is 0 Å². The predicted molar refractivity (Wildman–Crippen MR) is 68.9 cm³/mol. The van der Waals surface area contributed by atoms with Gasteiger partial charge in [-0.25, -0.2) is 4.79 Å². The van der Waals surface area contributed by atoms with Crippen molar-refractivity contribution in [3.8, 4) is 0 Å². The van der Waals surface area contributed by atoms with Crippen molar-refractivity contribution in [2.75, 3.05) is 13.7 Å². The van der Waals surface area contributed by atoms with E-state index in [0.717, 1.165) is 25.7 Å². The molecule has 0 saturated heterocycles. The van der Waals surface area contributed by atoms with Gasteiger partial charge >= 0.3 is 5.97 Å². The van der Waals surface area contributed by atoms with E-state index < -0.39 is 12.0 Å². The van der Waals surface area contributed by atoms with E-state index in [1.54, 1.807) is 18.9 Å². The van der Waals surface area contributed by atoms with Gasteiger partial charge in [-0.15, -0.1) is 0 Å². The van der Waals surface area contributed by atoms with Gasteiger partial charge in [0, 0.05) is 13.1 Å². The molecule has 2 N–H and O–H groups in total. The molecule has 1 amide bonds. The van der Waals surface area contributed by atoms with Crippen LogP contribution in [0.2, 0.25) is 0 Å². The van der Waals surface area contributed by atoms with Gasteiger partial charge in [0.1, 0.15) is 0 Å². The molecule has 0 radical (unpaired) electrons. The monoisotopic (exact) mass is 256 g/mol. The van der Waals surface area contributed by atoms with Crippen molar-refractivity contribution in [2.24, 2.45) is 5.73 Å². The fourth-order valence-corrected chi connectivity index (χ4v) is 2.38. The van der Waals surface area contributed by atoms with Crippen molar-refractivity contribution < 1.29 is 14.3 Å². The summed E-state index contributed by atoms with van der Waals surface area (Å²) in [5.41, 5.74) is 5.63. The van der Waals surface area contributed by atoms with Crippen LogP contribution in [0.1, 0.15) is 45.4 Å². The molecule has 0 aliphatic heterocycles. The molecule has 0 spiro atoms. The van der Waals surface area contributed by atoms with Gasteiger partial charge in [0.05, 0.1) is 6.61 Å². The van der Waals surface area contributed by atoms with Crippen molar-refractivity contribution in [2.45, 2.75) is 57.5 Å². The second-order valence-corrected chi connectivity index (χ2v) is 4.82. The number of likely N-dealkylation sites (N-methyl/N-ethyl adjacent to an activating group) is 1. The Bertz CT molecular complexity index is 286. The largest absolute Gasteiger partial charge is 0.464 e. The molecule has 0 aromatic rings. The first-order valence-corrected chi connectivity index (χ1v) is 6.76. The summed E-state index contributed by atoms with van der Waals surface area (Å²) in [6, 6.07) is -0.973. The lowest BCUT2D eigenvalue weighted by Gasteiger charge is -2.28. The first-order chi connectivity index (χ1) is 8.57. The van der Waals surface area contributed by atoms with Crippen LogP contribution in [0.15, 0.2) is 0 Å². The summed E-state index contributed by atoms with van der Waals surface area (Å²) in [6.45, 7) is 1.94. The average Bonchev–Trinajstić information content (AvgIpc) is 2.65. The molecule has 1 unspecified atom stereocenters. The van der Waals surface area contributed by atoms with Crippen LogP contribution in [0, 0.1) is 0 Å². The summed E-state index contributed by atoms with van der Waals surface area (Å²) in [4.78, 5) is 25.1. The van der Waals surface area contributed by atoms with Crippen LogP contribution in [0.4, 0.5) is 0 Å². The lowest BCUT2D eigenvalue weighted by molar-refractivity contribution is -0.151. The van der Waals surface area contributed by atoms with E-state index in [0.29, 0.717) is 0 Å². The van der Waals surface area contributed by atoms with Gasteiger partial charge < -0.3 is 15.4 Å². The molecule has 0 aromatic heterocycles. The Hall–Kier alpha value is -1.10. The van der Waals surface area contributed by atoms with Gasteiger partial charge in [-0.05, 0) is 19.8 Å². The Morgan fingerprint density at radius 1 is 1.28 bits per heavy atom. The Morgan fingerprint density at radius 2 is 1.83 bits per heavy atom. The maximum Gasteiger partial charge on any atom is 0.332 e. The van der Waals surface area contributed by atoms with Gasteiger partial charge in [-0.3, -0.25) is 4.79 Å². The molecule has 5 heteroatoms. The highest BCUT2D eigenvalue weighted by Crippen LogP contribution is 2.21. The van der Waals surface area contributed by atoms with Crippen molar-refractivity contribution >= 4 is 11.9 Å². The molecule has 0 heterocycles. The Kier molecular flexibility index (Phi) is 6.12. The van der Waals surface area contributed by atoms with Crippen LogP contribution >= 0.6 is 0 Å². The molecule has 1 fully saturated rings. The summed E-state index contributed by atoms with van der Waals surface area (Å²) in [7, 11) is 1.73. The average molecular weight is 256 g/mol. The zero-order valence-electron chi connectivity index (χ0n) is 11.4. The fraction of sp³-hybridized carbons (Fsp3) is 0.846. The van der Waals surface area contributed by atoms with Crippen LogP contribution in [0.5, 0.6) is 0 Å². The van der Waals surface area contributed by atoms with Crippen molar-refractivity contribution in [1.82, 2.24) is 4.90 Å². The molecule has 1 rings (SSSR count).